The maximum Gasteiger partial charge on any atom is 0.241 e. The van der Waals surface area contributed by atoms with E-state index in [1.54, 1.807) is 17.8 Å². The van der Waals surface area contributed by atoms with E-state index >= 15 is 0 Å². The summed E-state index contributed by atoms with van der Waals surface area (Å²) in [6.45, 7) is 5.00. The molecule has 0 fully saturated rings. The largest absolute Gasteiger partial charge is 0.315 e. The Morgan fingerprint density at radius 3 is 2.72 bits per heavy atom. The minimum Gasteiger partial charge on any atom is -0.315 e. The average Bonchev–Trinajstić information content (AvgIpc) is 2.68. The van der Waals surface area contributed by atoms with Crippen LogP contribution in [0.3, 0.4) is 0 Å². The van der Waals surface area contributed by atoms with E-state index in [4.69, 9.17) is 0 Å². The Morgan fingerprint density at radius 1 is 1.50 bits per heavy atom. The third-order valence-electron chi connectivity index (χ3n) is 2.53. The molecule has 0 radical (unpaired) electrons. The van der Waals surface area contributed by atoms with Crippen molar-refractivity contribution in [1.29, 1.82) is 0 Å². The Kier molecular flexibility index (Phi) is 6.13. The number of hydrogen-bond donors (Lipinski definition) is 2. The van der Waals surface area contributed by atoms with Crippen LogP contribution in [-0.4, -0.2) is 33.5 Å². The first kappa shape index (κ1) is 16.0. The van der Waals surface area contributed by atoms with E-state index in [2.05, 4.69) is 10.0 Å². The van der Waals surface area contributed by atoms with Crippen LogP contribution in [0, 0.1) is 6.92 Å². The molecule has 1 aromatic heterocycles. The van der Waals surface area contributed by atoms with Crippen molar-refractivity contribution in [3.63, 3.8) is 0 Å². The van der Waals surface area contributed by atoms with Gasteiger partial charge in [0, 0.05) is 28.1 Å². The Morgan fingerprint density at radius 2 is 2.17 bits per heavy atom. The molecule has 0 saturated heterocycles. The van der Waals surface area contributed by atoms with Crippen molar-refractivity contribution in [1.82, 2.24) is 10.0 Å². The average molecular weight is 308 g/mol. The third-order valence-corrected chi connectivity index (χ3v) is 6.23. The Bertz CT molecular complexity index is 482. The highest BCUT2D eigenvalue weighted by Crippen LogP contribution is 2.25. The van der Waals surface area contributed by atoms with Crippen LogP contribution in [0.2, 0.25) is 0 Å². The summed E-state index contributed by atoms with van der Waals surface area (Å²) >= 11 is 3.16. The van der Waals surface area contributed by atoms with Gasteiger partial charge in [-0.3, -0.25) is 0 Å². The van der Waals surface area contributed by atoms with Gasteiger partial charge in [-0.05, 0) is 26.3 Å². The van der Waals surface area contributed by atoms with Gasteiger partial charge in [0.2, 0.25) is 10.0 Å². The highest BCUT2D eigenvalue weighted by atomic mass is 32.2. The van der Waals surface area contributed by atoms with E-state index in [1.165, 1.54) is 11.3 Å². The van der Waals surface area contributed by atoms with E-state index in [-0.39, 0.29) is 5.25 Å². The Balaban J connectivity index is 2.84. The van der Waals surface area contributed by atoms with E-state index in [1.807, 2.05) is 27.2 Å². The molecular weight excluding hydrogens is 288 g/mol. The van der Waals surface area contributed by atoms with E-state index in [0.717, 1.165) is 9.75 Å². The predicted molar refractivity (Wildman–Crippen MR) is 80.0 cm³/mol. The van der Waals surface area contributed by atoms with Gasteiger partial charge in [0.15, 0.2) is 0 Å². The van der Waals surface area contributed by atoms with Crippen LogP contribution in [0.4, 0.5) is 0 Å². The fraction of sp³-hybridized carbons (Fsp3) is 0.636. The van der Waals surface area contributed by atoms with E-state index in [9.17, 15) is 8.42 Å². The number of rotatable bonds is 7. The highest BCUT2D eigenvalue weighted by Gasteiger charge is 2.20. The molecule has 0 bridgehead atoms. The van der Waals surface area contributed by atoms with Gasteiger partial charge in [0.1, 0.15) is 0 Å². The fourth-order valence-electron chi connectivity index (χ4n) is 1.44. The zero-order valence-corrected chi connectivity index (χ0v) is 13.6. The summed E-state index contributed by atoms with van der Waals surface area (Å²) in [5, 5.41) is 3.30. The van der Waals surface area contributed by atoms with Gasteiger partial charge in [-0.2, -0.15) is 11.8 Å². The van der Waals surface area contributed by atoms with Gasteiger partial charge in [-0.15, -0.1) is 11.3 Å². The molecule has 7 heteroatoms. The number of hydrogen-bond acceptors (Lipinski definition) is 5. The quantitative estimate of drug-likeness (QED) is 0.806. The number of thiophene rings is 1. The molecule has 0 saturated carbocycles. The molecule has 4 nitrogen and oxygen atoms in total. The second-order valence-corrected chi connectivity index (χ2v) is 8.41. The van der Waals surface area contributed by atoms with Gasteiger partial charge >= 0.3 is 0 Å². The Labute approximate surface area is 118 Å². The number of thioether (sulfide) groups is 1. The molecule has 1 heterocycles. The minimum atomic E-state index is -3.37. The Hall–Kier alpha value is -0.0800. The first-order valence-electron chi connectivity index (χ1n) is 5.67. The van der Waals surface area contributed by atoms with Crippen LogP contribution in [-0.2, 0) is 16.6 Å². The van der Waals surface area contributed by atoms with Crippen LogP contribution in [0.15, 0.2) is 11.0 Å². The van der Waals surface area contributed by atoms with Gasteiger partial charge < -0.3 is 5.32 Å². The molecule has 104 valence electrons. The zero-order valence-electron chi connectivity index (χ0n) is 11.1. The lowest BCUT2D eigenvalue weighted by Gasteiger charge is -2.10. The second-order valence-electron chi connectivity index (χ2n) is 4.06. The molecule has 0 aliphatic carbocycles. The third kappa shape index (κ3) is 4.24. The van der Waals surface area contributed by atoms with Crippen molar-refractivity contribution >= 4 is 33.1 Å². The van der Waals surface area contributed by atoms with Crippen molar-refractivity contribution < 1.29 is 8.42 Å². The molecule has 0 aliphatic rings. The van der Waals surface area contributed by atoms with E-state index in [0.29, 0.717) is 18.0 Å². The number of nitrogens with one attached hydrogen (secondary N) is 2. The topological polar surface area (TPSA) is 58.2 Å². The molecule has 0 spiro atoms. The SMILES string of the molecule is CNCc1cc(S(=O)(=O)NCC(C)SC)c(C)s1. The molecule has 18 heavy (non-hydrogen) atoms. The molecule has 0 aliphatic heterocycles. The minimum absolute atomic E-state index is 0.274. The van der Waals surface area contributed by atoms with Crippen molar-refractivity contribution in [3.8, 4) is 0 Å². The standard InChI is InChI=1S/C11H20N2O2S3/c1-8(16-4)6-13-18(14,15)11-5-10(7-12-3)17-9(11)2/h5,8,12-13H,6-7H2,1-4H3. The summed E-state index contributed by atoms with van der Waals surface area (Å²) in [5.41, 5.74) is 0. The lowest BCUT2D eigenvalue weighted by molar-refractivity contribution is 0.581. The molecule has 1 atom stereocenters. The lowest BCUT2D eigenvalue weighted by atomic mass is 10.4. The maximum atomic E-state index is 12.2. The molecule has 2 N–H and O–H groups in total. The van der Waals surface area contributed by atoms with Crippen molar-refractivity contribution in [2.75, 3.05) is 19.8 Å². The monoisotopic (exact) mass is 308 g/mol. The van der Waals surface area contributed by atoms with Gasteiger partial charge in [-0.25, -0.2) is 13.1 Å². The lowest BCUT2D eigenvalue weighted by Crippen LogP contribution is -2.29. The zero-order chi connectivity index (χ0) is 13.8. The predicted octanol–water partition coefficient (Wildman–Crippen LogP) is 1.81. The van der Waals surface area contributed by atoms with Crippen molar-refractivity contribution in [3.05, 3.63) is 15.8 Å². The summed E-state index contributed by atoms with van der Waals surface area (Å²) in [7, 11) is -1.53. The van der Waals surface area contributed by atoms with Gasteiger partial charge in [-0.1, -0.05) is 6.92 Å². The normalized spacial score (nSPS) is 13.8. The first-order valence-corrected chi connectivity index (χ1v) is 9.25. The summed E-state index contributed by atoms with van der Waals surface area (Å²) < 4.78 is 27.0. The molecular formula is C11H20N2O2S3. The summed E-state index contributed by atoms with van der Waals surface area (Å²) in [5.74, 6) is 0. The molecule has 1 rings (SSSR count). The molecule has 0 amide bonds. The van der Waals surface area contributed by atoms with Crippen LogP contribution >= 0.6 is 23.1 Å². The highest BCUT2D eigenvalue weighted by molar-refractivity contribution is 7.99. The van der Waals surface area contributed by atoms with Crippen LogP contribution in [0.1, 0.15) is 16.7 Å². The van der Waals surface area contributed by atoms with Crippen LogP contribution in [0.25, 0.3) is 0 Å². The maximum absolute atomic E-state index is 12.2. The molecule has 1 aromatic rings. The van der Waals surface area contributed by atoms with Crippen molar-refractivity contribution in [2.24, 2.45) is 0 Å². The van der Waals surface area contributed by atoms with Gasteiger partial charge in [0.05, 0.1) is 4.90 Å². The summed E-state index contributed by atoms with van der Waals surface area (Å²) in [4.78, 5) is 2.28. The number of sulfonamides is 1. The summed E-state index contributed by atoms with van der Waals surface area (Å²) in [6.07, 6.45) is 1.97. The first-order chi connectivity index (χ1) is 8.40. The van der Waals surface area contributed by atoms with Crippen LogP contribution < -0.4 is 10.0 Å². The molecule has 1 unspecified atom stereocenters. The second kappa shape index (κ2) is 6.91. The molecule has 0 aromatic carbocycles. The number of aryl methyl sites for hydroxylation is 1. The van der Waals surface area contributed by atoms with Crippen molar-refractivity contribution in [2.45, 2.75) is 30.5 Å². The summed E-state index contributed by atoms with van der Waals surface area (Å²) in [6, 6.07) is 1.75. The van der Waals surface area contributed by atoms with Crippen LogP contribution in [0.5, 0.6) is 0 Å². The van der Waals surface area contributed by atoms with E-state index < -0.39 is 10.0 Å². The fourth-order valence-corrected chi connectivity index (χ4v) is 4.57. The van der Waals surface area contributed by atoms with Gasteiger partial charge in [0.25, 0.3) is 0 Å². The smallest absolute Gasteiger partial charge is 0.241 e.